The van der Waals surface area contributed by atoms with Gasteiger partial charge in [0.05, 0.1) is 16.9 Å². The summed E-state index contributed by atoms with van der Waals surface area (Å²) in [6.45, 7) is 7.35. The lowest BCUT2D eigenvalue weighted by Gasteiger charge is -2.55. The fourth-order valence-electron chi connectivity index (χ4n) is 4.71. The topological polar surface area (TPSA) is 262 Å². The Bertz CT molecular complexity index is 1660. The number of aliphatic hydroxyl groups is 8. The van der Waals surface area contributed by atoms with Crippen LogP contribution in [0.2, 0.25) is 0 Å². The molecule has 9 N–H and O–H groups in total. The zero-order chi connectivity index (χ0) is 33.7. The molecule has 1 aliphatic heterocycles. The van der Waals surface area contributed by atoms with Gasteiger partial charge in [0.25, 0.3) is 0 Å². The first-order valence-corrected chi connectivity index (χ1v) is 13.4. The number of benzene rings is 2. The van der Waals surface area contributed by atoms with E-state index in [0.717, 1.165) is 30.6 Å². The van der Waals surface area contributed by atoms with Gasteiger partial charge in [0.15, 0.2) is 6.04 Å². The van der Waals surface area contributed by atoms with Gasteiger partial charge in [0, 0.05) is 34.5 Å². The number of aromatic nitrogens is 2. The summed E-state index contributed by atoms with van der Waals surface area (Å²) >= 11 is 0. The Labute approximate surface area is 254 Å². The standard InChI is InChI=1S/C28H32FN5O11/c1-5-8-30-22(14(4)13(2)3)24(33-44)18-10-17(19(29)11-21(18)35)23-16-7-6-15(9-20(16)31-12-32-23)34-25(36,37)27(40,41)45-28(42,43)26(34,38)39/h6-13,24,35-43H,5H2,1-4H3/b22-14+,30-8-. The van der Waals surface area contributed by atoms with Gasteiger partial charge in [-0.25, -0.2) is 14.4 Å². The largest absolute Gasteiger partial charge is 0.507 e. The van der Waals surface area contributed by atoms with Gasteiger partial charge in [0.1, 0.15) is 17.9 Å². The molecule has 0 aliphatic carbocycles. The van der Waals surface area contributed by atoms with E-state index in [-0.39, 0.29) is 44.2 Å². The summed E-state index contributed by atoms with van der Waals surface area (Å²) in [5.74, 6) is -18.2. The molecule has 0 amide bonds. The molecule has 1 saturated heterocycles. The highest BCUT2D eigenvalue weighted by molar-refractivity contribution is 5.94. The predicted octanol–water partition coefficient (Wildman–Crippen LogP) is 0.750. The molecule has 0 saturated carbocycles. The molecule has 1 unspecified atom stereocenters. The van der Waals surface area contributed by atoms with Crippen LogP contribution >= 0.6 is 0 Å². The average Bonchev–Trinajstić information content (AvgIpc) is 2.93. The Hall–Kier alpha value is -4.04. The molecule has 2 heterocycles. The minimum atomic E-state index is -4.19. The lowest BCUT2D eigenvalue weighted by Crippen LogP contribution is -2.84. The number of ether oxygens (including phenoxy) is 1. The lowest BCUT2D eigenvalue weighted by atomic mass is 9.93. The summed E-state index contributed by atoms with van der Waals surface area (Å²) < 4.78 is 19.3. The first kappa shape index (κ1) is 33.8. The van der Waals surface area contributed by atoms with Gasteiger partial charge in [-0.2, -0.15) is 0 Å². The number of aliphatic imine (C=N–C) groups is 1. The van der Waals surface area contributed by atoms with Gasteiger partial charge in [-0.05, 0) is 49.1 Å². The monoisotopic (exact) mass is 633 g/mol. The molecule has 2 aromatic carbocycles. The second-order valence-corrected chi connectivity index (χ2v) is 10.7. The Morgan fingerprint density at radius 3 is 2.20 bits per heavy atom. The van der Waals surface area contributed by atoms with Crippen LogP contribution in [0.3, 0.4) is 0 Å². The maximum absolute atomic E-state index is 15.4. The van der Waals surface area contributed by atoms with Gasteiger partial charge in [-0.1, -0.05) is 25.9 Å². The quantitative estimate of drug-likeness (QED) is 0.0942. The Morgan fingerprint density at radius 1 is 1.02 bits per heavy atom. The number of hydrogen-bond donors (Lipinski definition) is 9. The van der Waals surface area contributed by atoms with Crippen molar-refractivity contribution in [1.82, 2.24) is 9.97 Å². The molecule has 0 spiro atoms. The molecule has 17 heteroatoms. The Balaban J connectivity index is 1.91. The molecule has 4 rings (SSSR count). The van der Waals surface area contributed by atoms with Crippen molar-refractivity contribution in [3.8, 4) is 17.0 Å². The zero-order valence-corrected chi connectivity index (χ0v) is 24.4. The fraction of sp³-hybridized carbons (Fsp3) is 0.393. The molecule has 1 atom stereocenters. The van der Waals surface area contributed by atoms with Crippen LogP contribution in [-0.4, -0.2) is 85.9 Å². The second kappa shape index (κ2) is 11.7. The van der Waals surface area contributed by atoms with E-state index in [9.17, 15) is 50.9 Å². The second-order valence-electron chi connectivity index (χ2n) is 10.7. The highest BCUT2D eigenvalue weighted by Crippen LogP contribution is 2.45. The van der Waals surface area contributed by atoms with Crippen molar-refractivity contribution >= 4 is 22.8 Å². The van der Waals surface area contributed by atoms with Gasteiger partial charge in [0.2, 0.25) is 0 Å². The van der Waals surface area contributed by atoms with Crippen LogP contribution in [0.25, 0.3) is 22.2 Å². The minimum absolute atomic E-state index is 0.0522. The summed E-state index contributed by atoms with van der Waals surface area (Å²) in [5, 5.41) is 95.2. The number of morpholine rings is 1. The lowest BCUT2D eigenvalue weighted by molar-refractivity contribution is -0.606. The van der Waals surface area contributed by atoms with E-state index in [1.807, 2.05) is 20.8 Å². The smallest absolute Gasteiger partial charge is 0.362 e. The molecule has 1 fully saturated rings. The van der Waals surface area contributed by atoms with E-state index in [1.54, 1.807) is 13.1 Å². The first-order chi connectivity index (χ1) is 20.8. The number of rotatable bonds is 8. The number of fused-ring (bicyclic) bond motifs is 1. The third-order valence-electron chi connectivity index (χ3n) is 7.37. The van der Waals surface area contributed by atoms with Crippen molar-refractivity contribution in [2.24, 2.45) is 16.1 Å². The maximum atomic E-state index is 15.4. The predicted molar refractivity (Wildman–Crippen MR) is 154 cm³/mol. The summed E-state index contributed by atoms with van der Waals surface area (Å²) in [6.07, 6.45) is 3.07. The summed E-state index contributed by atoms with van der Waals surface area (Å²) in [6, 6.07) is 3.58. The molecule has 16 nitrogen and oxygen atoms in total. The van der Waals surface area contributed by atoms with Gasteiger partial charge in [-0.3, -0.25) is 14.6 Å². The first-order valence-electron chi connectivity index (χ1n) is 13.4. The van der Waals surface area contributed by atoms with E-state index >= 15 is 4.39 Å². The summed E-state index contributed by atoms with van der Waals surface area (Å²) in [4.78, 5) is 24.3. The molecular formula is C28H32FN5O11. The molecule has 242 valence electrons. The van der Waals surface area contributed by atoms with Crippen LogP contribution in [0.15, 0.2) is 58.1 Å². The number of allylic oxidation sites excluding steroid dienone is 1. The molecule has 45 heavy (non-hydrogen) atoms. The van der Waals surface area contributed by atoms with Crippen molar-refractivity contribution in [3.05, 3.63) is 64.2 Å². The third-order valence-corrected chi connectivity index (χ3v) is 7.37. The molecule has 1 aliphatic rings. The number of anilines is 1. The van der Waals surface area contributed by atoms with Crippen molar-refractivity contribution < 1.29 is 55.1 Å². The normalized spacial score (nSPS) is 20.0. The number of halogens is 1. The number of nitroso groups, excluding NO2 is 1. The van der Waals surface area contributed by atoms with E-state index < -0.39 is 47.1 Å². The Morgan fingerprint density at radius 2 is 1.64 bits per heavy atom. The molecular weight excluding hydrogens is 601 g/mol. The minimum Gasteiger partial charge on any atom is -0.507 e. The van der Waals surface area contributed by atoms with Crippen molar-refractivity contribution in [2.75, 3.05) is 4.90 Å². The van der Waals surface area contributed by atoms with Gasteiger partial charge in [-0.15, -0.1) is 4.91 Å². The SMILES string of the molecule is CC/C=N\C(=C(/C)C(C)C)C(N=O)c1cc(-c2ncnc3cc(N4C(O)(O)C(O)(O)OC(O)(O)C4(O)O)ccc23)c(F)cc1O. The number of phenols is 1. The van der Waals surface area contributed by atoms with Crippen LogP contribution in [0.4, 0.5) is 10.1 Å². The fourth-order valence-corrected chi connectivity index (χ4v) is 4.71. The maximum Gasteiger partial charge on any atom is 0.362 e. The number of aromatic hydroxyl groups is 1. The number of hydrogen-bond acceptors (Lipinski definition) is 16. The highest BCUT2D eigenvalue weighted by Gasteiger charge is 2.74. The molecule has 0 bridgehead atoms. The van der Waals surface area contributed by atoms with E-state index in [2.05, 4.69) is 24.9 Å². The van der Waals surface area contributed by atoms with Crippen LogP contribution < -0.4 is 4.90 Å². The Kier molecular flexibility index (Phi) is 8.81. The van der Waals surface area contributed by atoms with Crippen LogP contribution in [-0.2, 0) is 4.74 Å². The van der Waals surface area contributed by atoms with Gasteiger partial charge >= 0.3 is 23.8 Å². The van der Waals surface area contributed by atoms with E-state index in [4.69, 9.17) is 0 Å². The summed E-state index contributed by atoms with van der Waals surface area (Å²) in [5.41, 5.74) is -0.266. The van der Waals surface area contributed by atoms with Crippen molar-refractivity contribution in [2.45, 2.75) is 63.9 Å². The van der Waals surface area contributed by atoms with Crippen molar-refractivity contribution in [1.29, 1.82) is 0 Å². The molecule has 1 aromatic heterocycles. The third kappa shape index (κ3) is 5.65. The highest BCUT2D eigenvalue weighted by atomic mass is 19.1. The van der Waals surface area contributed by atoms with Crippen LogP contribution in [0.5, 0.6) is 5.75 Å². The van der Waals surface area contributed by atoms with Crippen LogP contribution in [0, 0.1) is 16.6 Å². The molecule has 0 radical (unpaired) electrons. The van der Waals surface area contributed by atoms with Crippen LogP contribution in [0.1, 0.15) is 45.7 Å². The average molecular weight is 634 g/mol. The van der Waals surface area contributed by atoms with Crippen molar-refractivity contribution in [3.63, 3.8) is 0 Å². The number of nitrogens with zero attached hydrogens (tertiary/aromatic N) is 5. The molecule has 3 aromatic rings. The number of phenolic OH excluding ortho intramolecular Hbond substituents is 1. The van der Waals surface area contributed by atoms with E-state index in [1.165, 1.54) is 6.07 Å². The van der Waals surface area contributed by atoms with Gasteiger partial charge < -0.3 is 46.0 Å². The van der Waals surface area contributed by atoms with E-state index in [0.29, 0.717) is 12.0 Å². The summed E-state index contributed by atoms with van der Waals surface area (Å²) in [7, 11) is 0. The zero-order valence-electron chi connectivity index (χ0n) is 24.4.